The van der Waals surface area contributed by atoms with Gasteiger partial charge in [0.25, 0.3) is 5.91 Å². The van der Waals surface area contributed by atoms with Crippen molar-refractivity contribution < 1.29 is 23.9 Å². The number of anilines is 1. The molecule has 0 unspecified atom stereocenters. The first-order valence-corrected chi connectivity index (χ1v) is 11.6. The molecule has 0 spiro atoms. The van der Waals surface area contributed by atoms with E-state index >= 15 is 0 Å². The summed E-state index contributed by atoms with van der Waals surface area (Å²) in [4.78, 5) is 35.9. The number of ether oxygens (including phenoxy) is 2. The Balaban J connectivity index is 1.81. The normalized spacial score (nSPS) is 10.9. The molecule has 0 bridgehead atoms. The van der Waals surface area contributed by atoms with Gasteiger partial charge in [0.15, 0.2) is 6.61 Å². The Morgan fingerprint density at radius 1 is 1.12 bits per heavy atom. The molecule has 0 aliphatic heterocycles. The monoisotopic (exact) mass is 532 g/mol. The number of benzene rings is 2. The van der Waals surface area contributed by atoms with Crippen molar-refractivity contribution in [3.05, 3.63) is 58.1 Å². The van der Waals surface area contributed by atoms with Crippen molar-refractivity contribution in [2.24, 2.45) is 5.10 Å². The summed E-state index contributed by atoms with van der Waals surface area (Å²) >= 11 is 3.42. The number of aryl methyl sites for hydroxylation is 1. The van der Waals surface area contributed by atoms with Gasteiger partial charge in [0.2, 0.25) is 0 Å². The molecule has 182 valence electrons. The summed E-state index contributed by atoms with van der Waals surface area (Å²) in [5.41, 5.74) is 4.36. The van der Waals surface area contributed by atoms with Crippen molar-refractivity contribution in [1.82, 2.24) is 10.7 Å². The zero-order chi connectivity index (χ0) is 24.9. The van der Waals surface area contributed by atoms with Crippen LogP contribution in [0.1, 0.15) is 31.4 Å². The summed E-state index contributed by atoms with van der Waals surface area (Å²) in [5.74, 6) is -1.59. The lowest BCUT2D eigenvalue weighted by Crippen LogP contribution is -2.38. The van der Waals surface area contributed by atoms with Crippen LogP contribution in [0.25, 0.3) is 0 Å². The number of hydrogen-bond acceptors (Lipinski definition) is 6. The first kappa shape index (κ1) is 27.0. The maximum atomic E-state index is 12.2. The average molecular weight is 533 g/mol. The molecule has 0 radical (unpaired) electrons. The summed E-state index contributed by atoms with van der Waals surface area (Å²) in [6.45, 7) is 6.38. The van der Waals surface area contributed by atoms with Crippen LogP contribution in [-0.2, 0) is 19.1 Å². The number of nitrogens with zero attached hydrogens (tertiary/aromatic N) is 1. The summed E-state index contributed by atoms with van der Waals surface area (Å²) in [6.07, 6.45) is 2.05. The predicted molar refractivity (Wildman–Crippen MR) is 134 cm³/mol. The standard InChI is InChI=1S/C24H29BrN4O5/c1-16(2)33-12-6-11-26-23(31)24(32)29-27-14-18-7-4-5-8-21(18)34-15-22(30)28-19-9-10-20(25)17(3)13-19/h4-5,7-10,13-14,16H,6,11-12,15H2,1-3H3,(H,26,31)(H,28,30)(H,29,32)/b27-14-. The van der Waals surface area contributed by atoms with E-state index in [1.807, 2.05) is 32.9 Å². The van der Waals surface area contributed by atoms with Crippen LogP contribution in [0.3, 0.4) is 0 Å². The van der Waals surface area contributed by atoms with E-state index in [2.05, 4.69) is 37.1 Å². The number of hydrogen-bond donors (Lipinski definition) is 3. The third-order valence-electron chi connectivity index (χ3n) is 4.35. The molecule has 2 aromatic rings. The number of para-hydroxylation sites is 1. The minimum atomic E-state index is -0.886. The van der Waals surface area contributed by atoms with Gasteiger partial charge in [0.05, 0.1) is 12.3 Å². The second-order valence-corrected chi connectivity index (χ2v) is 8.42. The molecule has 2 rings (SSSR count). The third kappa shape index (κ3) is 9.72. The van der Waals surface area contributed by atoms with Gasteiger partial charge in [0.1, 0.15) is 5.75 Å². The molecule has 9 nitrogen and oxygen atoms in total. The number of halogens is 1. The number of carbonyl (C=O) groups excluding carboxylic acids is 3. The summed E-state index contributed by atoms with van der Waals surface area (Å²) < 4.78 is 11.9. The van der Waals surface area contributed by atoms with Crippen LogP contribution in [0.4, 0.5) is 5.69 Å². The molecule has 3 amide bonds. The minimum Gasteiger partial charge on any atom is -0.483 e. The SMILES string of the molecule is Cc1cc(NC(=O)COc2ccccc2/C=N\NC(=O)C(=O)NCCCOC(C)C)ccc1Br. The van der Waals surface area contributed by atoms with Crippen molar-refractivity contribution in [1.29, 1.82) is 0 Å². The summed E-state index contributed by atoms with van der Waals surface area (Å²) in [5, 5.41) is 9.08. The van der Waals surface area contributed by atoms with E-state index < -0.39 is 11.8 Å². The van der Waals surface area contributed by atoms with Crippen molar-refractivity contribution in [3.8, 4) is 5.75 Å². The van der Waals surface area contributed by atoms with E-state index in [-0.39, 0.29) is 18.6 Å². The lowest BCUT2D eigenvalue weighted by atomic mass is 10.2. The fourth-order valence-corrected chi connectivity index (χ4v) is 2.91. The molecule has 0 aliphatic rings. The van der Waals surface area contributed by atoms with Crippen molar-refractivity contribution >= 4 is 45.6 Å². The highest BCUT2D eigenvalue weighted by Gasteiger charge is 2.12. The Morgan fingerprint density at radius 2 is 1.88 bits per heavy atom. The van der Waals surface area contributed by atoms with E-state index in [9.17, 15) is 14.4 Å². The topological polar surface area (TPSA) is 118 Å². The Hall–Kier alpha value is -3.24. The van der Waals surface area contributed by atoms with E-state index in [4.69, 9.17) is 9.47 Å². The van der Waals surface area contributed by atoms with Crippen molar-refractivity contribution in [2.75, 3.05) is 25.1 Å². The zero-order valence-corrected chi connectivity index (χ0v) is 21.0. The predicted octanol–water partition coefficient (Wildman–Crippen LogP) is 3.16. The second kappa shape index (κ2) is 14.1. The molecule has 0 atom stereocenters. The maximum Gasteiger partial charge on any atom is 0.329 e. The molecule has 34 heavy (non-hydrogen) atoms. The van der Waals surface area contributed by atoms with Gasteiger partial charge in [-0.2, -0.15) is 5.10 Å². The van der Waals surface area contributed by atoms with Crippen LogP contribution in [0.2, 0.25) is 0 Å². The smallest absolute Gasteiger partial charge is 0.329 e. The number of amides is 3. The first-order chi connectivity index (χ1) is 16.3. The first-order valence-electron chi connectivity index (χ1n) is 10.8. The Bertz CT molecular complexity index is 1030. The van der Waals surface area contributed by atoms with Gasteiger partial charge >= 0.3 is 11.8 Å². The van der Waals surface area contributed by atoms with Crippen LogP contribution in [0.5, 0.6) is 5.75 Å². The zero-order valence-electron chi connectivity index (χ0n) is 19.4. The molecule has 0 aromatic heterocycles. The fraction of sp³-hybridized carbons (Fsp3) is 0.333. The van der Waals surface area contributed by atoms with Crippen molar-refractivity contribution in [2.45, 2.75) is 33.3 Å². The molecule has 3 N–H and O–H groups in total. The van der Waals surface area contributed by atoms with Crippen LogP contribution in [0, 0.1) is 6.92 Å². The molecular formula is C24H29BrN4O5. The van der Waals surface area contributed by atoms with Gasteiger partial charge in [0, 0.05) is 28.9 Å². The quantitative estimate of drug-likeness (QED) is 0.178. The van der Waals surface area contributed by atoms with E-state index in [1.54, 1.807) is 30.3 Å². The second-order valence-electron chi connectivity index (χ2n) is 7.57. The molecule has 0 saturated heterocycles. The highest BCUT2D eigenvalue weighted by molar-refractivity contribution is 9.10. The van der Waals surface area contributed by atoms with E-state index in [1.165, 1.54) is 6.21 Å². The van der Waals surface area contributed by atoms with E-state index in [0.717, 1.165) is 10.0 Å². The third-order valence-corrected chi connectivity index (χ3v) is 5.24. The fourth-order valence-electron chi connectivity index (χ4n) is 2.67. The molecule has 0 saturated carbocycles. The van der Waals surface area contributed by atoms with Gasteiger partial charge in [-0.05, 0) is 63.1 Å². The molecule has 10 heteroatoms. The molecule has 0 fully saturated rings. The van der Waals surface area contributed by atoms with Gasteiger partial charge in [-0.25, -0.2) is 5.43 Å². The molecule has 2 aromatic carbocycles. The van der Waals surface area contributed by atoms with Gasteiger partial charge in [-0.3, -0.25) is 14.4 Å². The van der Waals surface area contributed by atoms with Crippen LogP contribution in [-0.4, -0.2) is 49.8 Å². The maximum absolute atomic E-state index is 12.2. The van der Waals surface area contributed by atoms with Gasteiger partial charge < -0.3 is 20.1 Å². The number of nitrogens with one attached hydrogen (secondary N) is 3. The van der Waals surface area contributed by atoms with Crippen LogP contribution >= 0.6 is 15.9 Å². The van der Waals surface area contributed by atoms with Gasteiger partial charge in [-0.15, -0.1) is 0 Å². The van der Waals surface area contributed by atoms with Crippen LogP contribution in [0.15, 0.2) is 52.0 Å². The van der Waals surface area contributed by atoms with Crippen molar-refractivity contribution in [3.63, 3.8) is 0 Å². The Morgan fingerprint density at radius 3 is 2.62 bits per heavy atom. The molecule has 0 aliphatic carbocycles. The van der Waals surface area contributed by atoms with E-state index in [0.29, 0.717) is 36.6 Å². The lowest BCUT2D eigenvalue weighted by molar-refractivity contribution is -0.139. The Kier molecular flexibility index (Phi) is 11.2. The largest absolute Gasteiger partial charge is 0.483 e. The number of carbonyl (C=O) groups is 3. The van der Waals surface area contributed by atoms with Crippen LogP contribution < -0.4 is 20.8 Å². The lowest BCUT2D eigenvalue weighted by Gasteiger charge is -2.10. The average Bonchev–Trinajstić information content (AvgIpc) is 2.80. The number of rotatable bonds is 11. The summed E-state index contributed by atoms with van der Waals surface area (Å²) in [7, 11) is 0. The van der Waals surface area contributed by atoms with Gasteiger partial charge in [-0.1, -0.05) is 28.1 Å². The minimum absolute atomic E-state index is 0.116. The summed E-state index contributed by atoms with van der Waals surface area (Å²) in [6, 6.07) is 12.4. The Labute approximate surface area is 207 Å². The number of hydrazone groups is 1. The molecular weight excluding hydrogens is 504 g/mol. The molecule has 0 heterocycles. The highest BCUT2D eigenvalue weighted by Crippen LogP contribution is 2.20. The highest BCUT2D eigenvalue weighted by atomic mass is 79.9.